The summed E-state index contributed by atoms with van der Waals surface area (Å²) in [6, 6.07) is 9.07. The normalized spacial score (nSPS) is 19.8. The highest BCUT2D eigenvalue weighted by Crippen LogP contribution is 2.40. The second kappa shape index (κ2) is 7.52. The molecule has 6 rings (SSSR count). The highest BCUT2D eigenvalue weighted by Gasteiger charge is 2.43. The molecule has 3 aromatic rings. The number of carbonyl (C=O) groups excluding carboxylic acids is 1. The van der Waals surface area contributed by atoms with Crippen LogP contribution in [0.5, 0.6) is 0 Å². The molecular formula is C24H24ClN5O2. The van der Waals surface area contributed by atoms with Crippen LogP contribution < -0.4 is 10.2 Å². The number of carbonyl (C=O) groups is 1. The Kier molecular flexibility index (Phi) is 4.61. The summed E-state index contributed by atoms with van der Waals surface area (Å²) in [4.78, 5) is 18.2. The van der Waals surface area contributed by atoms with Gasteiger partial charge in [-0.3, -0.25) is 9.67 Å². The van der Waals surface area contributed by atoms with Crippen molar-refractivity contribution in [3.05, 3.63) is 54.1 Å². The van der Waals surface area contributed by atoms with Crippen LogP contribution in [0.2, 0.25) is 5.02 Å². The maximum absolute atomic E-state index is 11.5. The lowest BCUT2D eigenvalue weighted by Gasteiger charge is -2.39. The van der Waals surface area contributed by atoms with Gasteiger partial charge in [-0.2, -0.15) is 5.10 Å². The average Bonchev–Trinajstić information content (AvgIpc) is 3.43. The van der Waals surface area contributed by atoms with Crippen molar-refractivity contribution >= 4 is 23.4 Å². The first-order valence-corrected chi connectivity index (χ1v) is 11.5. The molecule has 1 saturated carbocycles. The van der Waals surface area contributed by atoms with Crippen LogP contribution in [0.25, 0.3) is 22.3 Å². The van der Waals surface area contributed by atoms with Crippen molar-refractivity contribution in [2.45, 2.75) is 37.3 Å². The molecule has 0 unspecified atom stereocenters. The molecule has 1 aliphatic carbocycles. The molecule has 2 aromatic heterocycles. The van der Waals surface area contributed by atoms with Gasteiger partial charge in [-0.1, -0.05) is 35.9 Å². The lowest BCUT2D eigenvalue weighted by Crippen LogP contribution is -2.46. The fourth-order valence-electron chi connectivity index (χ4n) is 4.75. The van der Waals surface area contributed by atoms with Gasteiger partial charge in [0, 0.05) is 55.6 Å². The summed E-state index contributed by atoms with van der Waals surface area (Å²) in [7, 11) is 0. The van der Waals surface area contributed by atoms with Crippen LogP contribution in [0.15, 0.2) is 49.1 Å². The van der Waals surface area contributed by atoms with E-state index in [1.54, 1.807) is 6.20 Å². The first-order chi connectivity index (χ1) is 15.6. The molecule has 0 atom stereocenters. The van der Waals surface area contributed by atoms with Crippen LogP contribution in [0, 0.1) is 0 Å². The van der Waals surface area contributed by atoms with Crippen molar-refractivity contribution in [1.29, 1.82) is 0 Å². The Bertz CT molecular complexity index is 1160. The van der Waals surface area contributed by atoms with Gasteiger partial charge in [-0.15, -0.1) is 0 Å². The molecule has 4 heterocycles. The summed E-state index contributed by atoms with van der Waals surface area (Å²) in [5, 5.41) is 7.93. The smallest absolute Gasteiger partial charge is 0.407 e. The van der Waals surface area contributed by atoms with Crippen molar-refractivity contribution in [2.75, 3.05) is 24.5 Å². The van der Waals surface area contributed by atoms with Crippen molar-refractivity contribution in [2.24, 2.45) is 0 Å². The molecule has 2 saturated heterocycles. The van der Waals surface area contributed by atoms with Crippen molar-refractivity contribution in [1.82, 2.24) is 20.1 Å². The molecule has 32 heavy (non-hydrogen) atoms. The lowest BCUT2D eigenvalue weighted by atomic mass is 9.91. The second-order valence-corrected chi connectivity index (χ2v) is 9.36. The number of piperidine rings is 1. The number of benzene rings is 1. The van der Waals surface area contributed by atoms with Gasteiger partial charge in [0.15, 0.2) is 0 Å². The average molecular weight is 450 g/mol. The number of nitrogens with zero attached hydrogens (tertiary/aromatic N) is 4. The number of hydrogen-bond donors (Lipinski definition) is 1. The van der Waals surface area contributed by atoms with E-state index in [1.165, 1.54) is 12.8 Å². The Balaban J connectivity index is 1.26. The Morgan fingerprint density at radius 3 is 2.47 bits per heavy atom. The van der Waals surface area contributed by atoms with E-state index in [0.717, 1.165) is 53.9 Å². The highest BCUT2D eigenvalue weighted by atomic mass is 35.5. The minimum atomic E-state index is -0.389. The quantitative estimate of drug-likeness (QED) is 0.626. The zero-order valence-electron chi connectivity index (χ0n) is 17.6. The van der Waals surface area contributed by atoms with Gasteiger partial charge in [0.1, 0.15) is 5.60 Å². The monoisotopic (exact) mass is 449 g/mol. The van der Waals surface area contributed by atoms with Gasteiger partial charge < -0.3 is 15.0 Å². The van der Waals surface area contributed by atoms with Crippen LogP contribution in [0.4, 0.5) is 10.5 Å². The van der Waals surface area contributed by atoms with E-state index in [0.29, 0.717) is 17.6 Å². The zero-order valence-corrected chi connectivity index (χ0v) is 18.4. The minimum Gasteiger partial charge on any atom is -0.441 e. The molecule has 0 bridgehead atoms. The molecule has 164 valence electrons. The number of pyridine rings is 1. The predicted molar refractivity (Wildman–Crippen MR) is 123 cm³/mol. The number of alkyl carbamates (subject to hydrolysis) is 1. The third kappa shape index (κ3) is 3.50. The van der Waals surface area contributed by atoms with Crippen LogP contribution in [0.3, 0.4) is 0 Å². The SMILES string of the molecule is O=C1NCC2(CCN(c3c(Cl)cncc3-c3ccc(-c4cnn(C5CC5)c4)cc3)CC2)O1. The van der Waals surface area contributed by atoms with Gasteiger partial charge in [-0.25, -0.2) is 4.79 Å². The molecule has 8 heteroatoms. The van der Waals surface area contributed by atoms with Crippen molar-refractivity contribution in [3.8, 4) is 22.3 Å². The summed E-state index contributed by atoms with van der Waals surface area (Å²) in [5.74, 6) is 0. The zero-order chi connectivity index (χ0) is 21.7. The summed E-state index contributed by atoms with van der Waals surface area (Å²) in [6.45, 7) is 2.11. The Hall–Kier alpha value is -3.06. The van der Waals surface area contributed by atoms with Crippen LogP contribution in [-0.2, 0) is 4.74 Å². The summed E-state index contributed by atoms with van der Waals surface area (Å²) < 4.78 is 7.64. The van der Waals surface area contributed by atoms with Gasteiger partial charge in [0.25, 0.3) is 0 Å². The summed E-state index contributed by atoms with van der Waals surface area (Å²) >= 11 is 6.64. The molecule has 3 aliphatic rings. The van der Waals surface area contributed by atoms with Crippen LogP contribution in [0.1, 0.15) is 31.7 Å². The second-order valence-electron chi connectivity index (χ2n) is 8.95. The molecule has 3 fully saturated rings. The Morgan fingerprint density at radius 2 is 1.78 bits per heavy atom. The van der Waals surface area contributed by atoms with E-state index in [1.807, 2.05) is 12.4 Å². The maximum Gasteiger partial charge on any atom is 0.407 e. The van der Waals surface area contributed by atoms with Gasteiger partial charge >= 0.3 is 6.09 Å². The Morgan fingerprint density at radius 1 is 1.03 bits per heavy atom. The van der Waals surface area contributed by atoms with E-state index in [4.69, 9.17) is 16.3 Å². The number of aromatic nitrogens is 3. The number of anilines is 1. The molecule has 1 amide bonds. The largest absolute Gasteiger partial charge is 0.441 e. The van der Waals surface area contributed by atoms with Gasteiger partial charge in [0.05, 0.1) is 29.5 Å². The Labute approximate surface area is 191 Å². The summed E-state index contributed by atoms with van der Waals surface area (Å²) in [6.07, 6.45) is 11.3. The van der Waals surface area contributed by atoms with E-state index in [2.05, 4.69) is 55.4 Å². The first kappa shape index (κ1) is 19.6. The van der Waals surface area contributed by atoms with Crippen LogP contribution in [-0.4, -0.2) is 46.1 Å². The van der Waals surface area contributed by atoms with E-state index in [-0.39, 0.29) is 11.7 Å². The van der Waals surface area contributed by atoms with Crippen LogP contribution >= 0.6 is 11.6 Å². The topological polar surface area (TPSA) is 72.3 Å². The molecule has 1 aromatic carbocycles. The predicted octanol–water partition coefficient (Wildman–Crippen LogP) is 4.68. The van der Waals surface area contributed by atoms with Crippen molar-refractivity contribution in [3.63, 3.8) is 0 Å². The van der Waals surface area contributed by atoms with E-state index < -0.39 is 0 Å². The molecule has 1 N–H and O–H groups in total. The van der Waals surface area contributed by atoms with E-state index in [9.17, 15) is 4.79 Å². The molecule has 1 spiro atoms. The molecule has 0 radical (unpaired) electrons. The maximum atomic E-state index is 11.5. The molecule has 7 nitrogen and oxygen atoms in total. The lowest BCUT2D eigenvalue weighted by molar-refractivity contribution is 0.0367. The number of hydrogen-bond acceptors (Lipinski definition) is 5. The first-order valence-electron chi connectivity index (χ1n) is 11.1. The number of nitrogens with one attached hydrogen (secondary N) is 1. The highest BCUT2D eigenvalue weighted by molar-refractivity contribution is 6.33. The number of amides is 1. The third-order valence-electron chi connectivity index (χ3n) is 6.78. The fraction of sp³-hybridized carbons (Fsp3) is 0.375. The van der Waals surface area contributed by atoms with Crippen molar-refractivity contribution < 1.29 is 9.53 Å². The number of rotatable bonds is 4. The standard InChI is InChI=1S/C24H24ClN5O2/c25-21-13-26-12-20(22(21)29-9-7-24(8-10-29)15-27-23(31)32-24)17-3-1-16(2-4-17)18-11-28-30(14-18)19-5-6-19/h1-4,11-14,19H,5-10,15H2,(H,27,31). The van der Waals surface area contributed by atoms with Gasteiger partial charge in [0.2, 0.25) is 0 Å². The number of ether oxygens (including phenoxy) is 1. The third-order valence-corrected chi connectivity index (χ3v) is 7.06. The van der Waals surface area contributed by atoms with E-state index >= 15 is 0 Å². The molecular weight excluding hydrogens is 426 g/mol. The fourth-order valence-corrected chi connectivity index (χ4v) is 5.03. The number of halogens is 1. The summed E-state index contributed by atoms with van der Waals surface area (Å²) in [5.41, 5.74) is 4.96. The van der Waals surface area contributed by atoms with Gasteiger partial charge in [-0.05, 0) is 24.0 Å². The molecule has 2 aliphatic heterocycles. The minimum absolute atomic E-state index is 0.316.